The molecule has 2 N–H and O–H groups in total. The molecule has 4 rings (SSSR count). The number of nitrogens with zero attached hydrogens (tertiary/aromatic N) is 3. The lowest BCUT2D eigenvalue weighted by Gasteiger charge is -2.37. The van der Waals surface area contributed by atoms with Gasteiger partial charge in [-0.2, -0.15) is 13.2 Å². The Kier molecular flexibility index (Phi) is 6.02. The number of aryl methyl sites for hydroxylation is 1. The van der Waals surface area contributed by atoms with E-state index in [9.17, 15) is 13.2 Å². The second-order valence-electron chi connectivity index (χ2n) is 8.52. The topological polar surface area (TPSA) is 45.4 Å². The molecule has 2 aromatic rings. The van der Waals surface area contributed by atoms with Crippen molar-refractivity contribution in [3.63, 3.8) is 0 Å². The molecule has 0 saturated carbocycles. The number of piperidine rings is 1. The fourth-order valence-corrected chi connectivity index (χ4v) is 4.71. The van der Waals surface area contributed by atoms with Crippen LogP contribution in [0.15, 0.2) is 30.3 Å². The third-order valence-corrected chi connectivity index (χ3v) is 6.46. The molecule has 0 atom stereocenters. The minimum Gasteiger partial charge on any atom is -0.383 e. The average molecular weight is 419 g/mol. The number of nitrogen functional groups attached to an aromatic ring is 1. The molecule has 4 nitrogen and oxygen atoms in total. The van der Waals surface area contributed by atoms with Crippen molar-refractivity contribution in [2.75, 3.05) is 31.9 Å². The summed E-state index contributed by atoms with van der Waals surface area (Å²) in [6.45, 7) is 7.24. The first-order valence-electron chi connectivity index (χ1n) is 10.7. The Morgan fingerprint density at radius 1 is 1.07 bits per heavy atom. The number of pyridine rings is 1. The minimum atomic E-state index is -4.38. The molecule has 0 spiro atoms. The first kappa shape index (κ1) is 21.1. The fraction of sp³-hybridized carbons (Fsp3) is 0.522. The van der Waals surface area contributed by atoms with Crippen LogP contribution in [0.1, 0.15) is 42.4 Å². The summed E-state index contributed by atoms with van der Waals surface area (Å²) in [4.78, 5) is 9.49. The van der Waals surface area contributed by atoms with Crippen LogP contribution in [0.5, 0.6) is 0 Å². The fourth-order valence-electron chi connectivity index (χ4n) is 4.71. The highest BCUT2D eigenvalue weighted by atomic mass is 19.4. The third-order valence-electron chi connectivity index (χ3n) is 6.46. The first-order chi connectivity index (χ1) is 14.3. The highest BCUT2D eigenvalue weighted by molar-refractivity contribution is 5.65. The van der Waals surface area contributed by atoms with Crippen LogP contribution in [0.2, 0.25) is 0 Å². The number of nitrogens with two attached hydrogens (primary N) is 1. The quantitative estimate of drug-likeness (QED) is 0.781. The molecule has 0 amide bonds. The number of alkyl halides is 3. The maximum absolute atomic E-state index is 13.0. The Morgan fingerprint density at radius 2 is 1.77 bits per heavy atom. The Hall–Kier alpha value is -2.12. The van der Waals surface area contributed by atoms with Crippen molar-refractivity contribution < 1.29 is 13.2 Å². The number of rotatable bonds is 4. The predicted octanol–water partition coefficient (Wildman–Crippen LogP) is 4.72. The van der Waals surface area contributed by atoms with Crippen molar-refractivity contribution in [3.8, 4) is 11.3 Å². The van der Waals surface area contributed by atoms with Crippen molar-refractivity contribution in [2.45, 2.75) is 51.4 Å². The summed E-state index contributed by atoms with van der Waals surface area (Å²) in [6, 6.07) is 7.79. The zero-order chi connectivity index (χ0) is 21.3. The molecule has 2 saturated heterocycles. The van der Waals surface area contributed by atoms with E-state index in [-0.39, 0.29) is 0 Å². The van der Waals surface area contributed by atoms with Crippen LogP contribution in [-0.4, -0.2) is 47.0 Å². The van der Waals surface area contributed by atoms with Gasteiger partial charge in [-0.05, 0) is 82.5 Å². The van der Waals surface area contributed by atoms with Gasteiger partial charge in [-0.25, -0.2) is 4.98 Å². The molecule has 0 radical (unpaired) electrons. The minimum absolute atomic E-state index is 0.407. The number of anilines is 1. The Labute approximate surface area is 175 Å². The van der Waals surface area contributed by atoms with Gasteiger partial charge in [0.15, 0.2) is 0 Å². The smallest absolute Gasteiger partial charge is 0.383 e. The monoisotopic (exact) mass is 418 g/mol. The van der Waals surface area contributed by atoms with Crippen molar-refractivity contribution in [2.24, 2.45) is 0 Å². The van der Waals surface area contributed by atoms with Gasteiger partial charge in [-0.1, -0.05) is 12.1 Å². The molecule has 30 heavy (non-hydrogen) atoms. The van der Waals surface area contributed by atoms with Gasteiger partial charge in [0.2, 0.25) is 0 Å². The molecular formula is C23H29F3N4. The number of halogens is 3. The summed E-state index contributed by atoms with van der Waals surface area (Å²) >= 11 is 0. The lowest BCUT2D eigenvalue weighted by Crippen LogP contribution is -2.43. The number of hydrogen-bond acceptors (Lipinski definition) is 4. The Morgan fingerprint density at radius 3 is 2.40 bits per heavy atom. The highest BCUT2D eigenvalue weighted by Crippen LogP contribution is 2.33. The van der Waals surface area contributed by atoms with Crippen LogP contribution in [0.4, 0.5) is 19.0 Å². The molecule has 3 heterocycles. The molecule has 2 aliphatic rings. The Bertz CT molecular complexity index is 859. The van der Waals surface area contributed by atoms with Gasteiger partial charge >= 0.3 is 6.18 Å². The van der Waals surface area contributed by atoms with E-state index in [1.165, 1.54) is 44.8 Å². The van der Waals surface area contributed by atoms with Crippen LogP contribution in [0.25, 0.3) is 11.3 Å². The predicted molar refractivity (Wildman–Crippen MR) is 113 cm³/mol. The molecule has 1 aromatic heterocycles. The van der Waals surface area contributed by atoms with Crippen LogP contribution in [-0.2, 0) is 12.7 Å². The summed E-state index contributed by atoms with van der Waals surface area (Å²) in [7, 11) is 0. The molecule has 0 unspecified atom stereocenters. The number of benzene rings is 1. The van der Waals surface area contributed by atoms with Crippen molar-refractivity contribution in [3.05, 3.63) is 47.0 Å². The van der Waals surface area contributed by atoms with E-state index in [1.807, 2.05) is 13.0 Å². The van der Waals surface area contributed by atoms with E-state index >= 15 is 0 Å². The lowest BCUT2D eigenvalue weighted by molar-refractivity contribution is -0.137. The lowest BCUT2D eigenvalue weighted by atomic mass is 10.0. The molecule has 2 fully saturated rings. The van der Waals surface area contributed by atoms with Crippen LogP contribution in [0.3, 0.4) is 0 Å². The number of aromatic nitrogens is 1. The second-order valence-corrected chi connectivity index (χ2v) is 8.52. The SMILES string of the molecule is Cc1cc(-c2cccc(C(F)(F)F)c2)nc(N)c1CN1CCC(N2CCCC2)CC1. The van der Waals surface area contributed by atoms with Crippen LogP contribution < -0.4 is 5.73 Å². The van der Waals surface area contributed by atoms with E-state index in [0.717, 1.165) is 42.9 Å². The average Bonchev–Trinajstić information content (AvgIpc) is 3.25. The molecule has 0 aliphatic carbocycles. The van der Waals surface area contributed by atoms with Gasteiger partial charge in [0, 0.05) is 23.7 Å². The standard InChI is InChI=1S/C23H29F3N4/c1-16-13-21(17-5-4-6-18(14-17)23(24,25)26)28-22(27)20(16)15-29-11-7-19(8-12-29)30-9-2-3-10-30/h4-6,13-14,19H,2-3,7-12,15H2,1H3,(H2,27,28). The number of hydrogen-bond donors (Lipinski definition) is 1. The van der Waals surface area contributed by atoms with Gasteiger partial charge in [-0.3, -0.25) is 4.90 Å². The van der Waals surface area contributed by atoms with Crippen molar-refractivity contribution >= 4 is 5.82 Å². The molecule has 162 valence electrons. The molecule has 1 aromatic carbocycles. The van der Waals surface area contributed by atoms with Crippen LogP contribution in [0, 0.1) is 6.92 Å². The summed E-state index contributed by atoms with van der Waals surface area (Å²) in [5.74, 6) is 0.407. The second kappa shape index (κ2) is 8.55. The van der Waals surface area contributed by atoms with Crippen LogP contribution >= 0.6 is 0 Å². The Balaban J connectivity index is 1.46. The zero-order valence-corrected chi connectivity index (χ0v) is 17.4. The molecular weight excluding hydrogens is 389 g/mol. The van der Waals surface area contributed by atoms with Crippen molar-refractivity contribution in [1.29, 1.82) is 0 Å². The van der Waals surface area contributed by atoms with Crippen molar-refractivity contribution in [1.82, 2.24) is 14.8 Å². The highest BCUT2D eigenvalue weighted by Gasteiger charge is 2.31. The number of likely N-dealkylation sites (tertiary alicyclic amines) is 2. The van der Waals surface area contributed by atoms with E-state index in [4.69, 9.17) is 5.73 Å². The normalized spacial score (nSPS) is 19.5. The van der Waals surface area contributed by atoms with Gasteiger partial charge in [0.25, 0.3) is 0 Å². The van der Waals surface area contributed by atoms with Gasteiger partial charge in [0.1, 0.15) is 5.82 Å². The third kappa shape index (κ3) is 4.62. The van der Waals surface area contributed by atoms with E-state index in [0.29, 0.717) is 23.1 Å². The van der Waals surface area contributed by atoms with Gasteiger partial charge in [0.05, 0.1) is 11.3 Å². The maximum Gasteiger partial charge on any atom is 0.416 e. The van der Waals surface area contributed by atoms with Gasteiger partial charge < -0.3 is 10.6 Å². The van der Waals surface area contributed by atoms with Gasteiger partial charge in [-0.15, -0.1) is 0 Å². The largest absolute Gasteiger partial charge is 0.416 e. The zero-order valence-electron chi connectivity index (χ0n) is 17.4. The summed E-state index contributed by atoms with van der Waals surface area (Å²) in [5, 5.41) is 0. The molecule has 7 heteroatoms. The maximum atomic E-state index is 13.0. The summed E-state index contributed by atoms with van der Waals surface area (Å²) in [6.07, 6.45) is 0.612. The van der Waals surface area contributed by atoms with E-state index in [2.05, 4.69) is 14.8 Å². The summed E-state index contributed by atoms with van der Waals surface area (Å²) < 4.78 is 39.1. The molecule has 0 bridgehead atoms. The van der Waals surface area contributed by atoms with E-state index in [1.54, 1.807) is 6.07 Å². The summed E-state index contributed by atoms with van der Waals surface area (Å²) in [5.41, 5.74) is 8.44. The molecule has 2 aliphatic heterocycles. The first-order valence-corrected chi connectivity index (χ1v) is 10.7. The van der Waals surface area contributed by atoms with E-state index < -0.39 is 11.7 Å².